The smallest absolute Gasteiger partial charge is 0.273 e. The third-order valence-electron chi connectivity index (χ3n) is 4.27. The highest BCUT2D eigenvalue weighted by atomic mass is 32.2. The van der Waals surface area contributed by atoms with Crippen LogP contribution in [0.15, 0.2) is 41.4 Å². The SMILES string of the molecule is Cc1ccc(S(=O)(=O)N2CCn3cccc3C2C)cc1[N+](=O)[O-]. The molecule has 0 N–H and O–H groups in total. The highest BCUT2D eigenvalue weighted by Crippen LogP contribution is 2.32. The Kier molecular flexibility index (Phi) is 3.73. The van der Waals surface area contributed by atoms with Gasteiger partial charge in [-0.3, -0.25) is 10.1 Å². The molecule has 23 heavy (non-hydrogen) atoms. The van der Waals surface area contributed by atoms with Gasteiger partial charge in [-0.15, -0.1) is 0 Å². The fourth-order valence-electron chi connectivity index (χ4n) is 2.97. The summed E-state index contributed by atoms with van der Waals surface area (Å²) in [5.74, 6) is 0. The van der Waals surface area contributed by atoms with Crippen molar-refractivity contribution in [3.05, 3.63) is 57.9 Å². The molecule has 1 aromatic carbocycles. The van der Waals surface area contributed by atoms with E-state index >= 15 is 0 Å². The number of rotatable bonds is 3. The van der Waals surface area contributed by atoms with Crippen molar-refractivity contribution in [2.75, 3.05) is 6.54 Å². The van der Waals surface area contributed by atoms with Gasteiger partial charge in [0.1, 0.15) is 0 Å². The van der Waals surface area contributed by atoms with E-state index in [2.05, 4.69) is 0 Å². The lowest BCUT2D eigenvalue weighted by atomic mass is 10.2. The minimum Gasteiger partial charge on any atom is -0.349 e. The second-order valence-electron chi connectivity index (χ2n) is 5.62. The highest BCUT2D eigenvalue weighted by molar-refractivity contribution is 7.89. The summed E-state index contributed by atoms with van der Waals surface area (Å²) in [5.41, 5.74) is 1.18. The van der Waals surface area contributed by atoms with Gasteiger partial charge in [0.25, 0.3) is 5.69 Å². The predicted octanol–water partition coefficient (Wildman–Crippen LogP) is 2.47. The van der Waals surface area contributed by atoms with Crippen LogP contribution in [0.2, 0.25) is 0 Å². The Balaban J connectivity index is 2.03. The Morgan fingerprint density at radius 1 is 1.26 bits per heavy atom. The molecule has 1 atom stereocenters. The zero-order chi connectivity index (χ0) is 16.8. The molecule has 8 heteroatoms. The van der Waals surface area contributed by atoms with E-state index in [4.69, 9.17) is 0 Å². The number of benzene rings is 1. The monoisotopic (exact) mass is 335 g/mol. The van der Waals surface area contributed by atoms with Gasteiger partial charge in [-0.25, -0.2) is 8.42 Å². The van der Waals surface area contributed by atoms with Gasteiger partial charge in [-0.2, -0.15) is 4.31 Å². The van der Waals surface area contributed by atoms with Crippen LogP contribution < -0.4 is 0 Å². The molecule has 0 saturated heterocycles. The van der Waals surface area contributed by atoms with E-state index in [9.17, 15) is 18.5 Å². The number of hydrogen-bond donors (Lipinski definition) is 0. The van der Waals surface area contributed by atoms with Crippen LogP contribution in [0.3, 0.4) is 0 Å². The van der Waals surface area contributed by atoms with Gasteiger partial charge < -0.3 is 4.57 Å². The molecule has 1 unspecified atom stereocenters. The molecule has 0 radical (unpaired) electrons. The largest absolute Gasteiger partial charge is 0.349 e. The first-order chi connectivity index (χ1) is 10.8. The maximum atomic E-state index is 12.9. The van der Waals surface area contributed by atoms with Crippen molar-refractivity contribution in [2.24, 2.45) is 0 Å². The van der Waals surface area contributed by atoms with Gasteiger partial charge in [0, 0.05) is 36.6 Å². The van der Waals surface area contributed by atoms with E-state index in [0.717, 1.165) is 11.8 Å². The average molecular weight is 335 g/mol. The molecule has 1 aliphatic rings. The highest BCUT2D eigenvalue weighted by Gasteiger charge is 2.34. The van der Waals surface area contributed by atoms with E-state index in [-0.39, 0.29) is 16.6 Å². The molecule has 1 aliphatic heterocycles. The van der Waals surface area contributed by atoms with Crippen LogP contribution in [-0.4, -0.2) is 28.8 Å². The van der Waals surface area contributed by atoms with E-state index in [1.807, 2.05) is 29.8 Å². The Hall–Kier alpha value is -2.19. The van der Waals surface area contributed by atoms with E-state index < -0.39 is 14.9 Å². The number of fused-ring (bicyclic) bond motifs is 1. The molecule has 2 aromatic rings. The Bertz CT molecular complexity index is 873. The molecule has 7 nitrogen and oxygen atoms in total. The van der Waals surface area contributed by atoms with E-state index in [1.165, 1.54) is 16.4 Å². The van der Waals surface area contributed by atoms with Crippen molar-refractivity contribution >= 4 is 15.7 Å². The zero-order valence-electron chi connectivity index (χ0n) is 12.8. The fraction of sp³-hybridized carbons (Fsp3) is 0.333. The van der Waals surface area contributed by atoms with Gasteiger partial charge in [-0.1, -0.05) is 6.07 Å². The van der Waals surface area contributed by atoms with Crippen LogP contribution in [0.1, 0.15) is 24.2 Å². The summed E-state index contributed by atoms with van der Waals surface area (Å²) in [5, 5.41) is 11.1. The van der Waals surface area contributed by atoms with Crippen LogP contribution in [-0.2, 0) is 16.6 Å². The minimum atomic E-state index is -3.79. The van der Waals surface area contributed by atoms with Crippen molar-refractivity contribution in [2.45, 2.75) is 31.3 Å². The number of sulfonamides is 1. The van der Waals surface area contributed by atoms with Crippen molar-refractivity contribution in [3.8, 4) is 0 Å². The molecular formula is C15H17N3O4S. The van der Waals surface area contributed by atoms with Gasteiger partial charge in [-0.05, 0) is 32.0 Å². The van der Waals surface area contributed by atoms with E-state index in [1.54, 1.807) is 6.92 Å². The standard InChI is InChI=1S/C15H17N3O4S/c1-11-5-6-13(10-15(11)18(19)20)23(21,22)17-9-8-16-7-3-4-14(16)12(17)2/h3-7,10,12H,8-9H2,1-2H3. The van der Waals surface area contributed by atoms with Gasteiger partial charge in [0.05, 0.1) is 15.9 Å². The summed E-state index contributed by atoms with van der Waals surface area (Å²) in [6, 6.07) is 7.51. The molecule has 0 saturated carbocycles. The van der Waals surface area contributed by atoms with Crippen LogP contribution in [0.25, 0.3) is 0 Å². The molecule has 3 rings (SSSR count). The second kappa shape index (κ2) is 5.47. The normalized spacial score (nSPS) is 18.6. The molecule has 122 valence electrons. The van der Waals surface area contributed by atoms with Gasteiger partial charge in [0.15, 0.2) is 0 Å². The lowest BCUT2D eigenvalue weighted by Gasteiger charge is -2.33. The molecule has 0 aliphatic carbocycles. The van der Waals surface area contributed by atoms with Crippen LogP contribution in [0.5, 0.6) is 0 Å². The molecule has 0 amide bonds. The van der Waals surface area contributed by atoms with Crippen molar-refractivity contribution in [3.63, 3.8) is 0 Å². The van der Waals surface area contributed by atoms with Gasteiger partial charge in [0.2, 0.25) is 10.0 Å². The second-order valence-corrected chi connectivity index (χ2v) is 7.51. The summed E-state index contributed by atoms with van der Waals surface area (Å²) in [6.07, 6.45) is 1.92. The van der Waals surface area contributed by atoms with Crippen molar-refractivity contribution in [1.82, 2.24) is 8.87 Å². The number of aromatic nitrogens is 1. The van der Waals surface area contributed by atoms with Crippen LogP contribution >= 0.6 is 0 Å². The first kappa shape index (κ1) is 15.7. The maximum Gasteiger partial charge on any atom is 0.273 e. The zero-order valence-corrected chi connectivity index (χ0v) is 13.7. The Morgan fingerprint density at radius 3 is 2.70 bits per heavy atom. The minimum absolute atomic E-state index is 0.0401. The fourth-order valence-corrected chi connectivity index (χ4v) is 4.59. The lowest BCUT2D eigenvalue weighted by molar-refractivity contribution is -0.385. The topological polar surface area (TPSA) is 85.5 Å². The van der Waals surface area contributed by atoms with Crippen LogP contribution in [0, 0.1) is 17.0 Å². The summed E-state index contributed by atoms with van der Waals surface area (Å²) >= 11 is 0. The Morgan fingerprint density at radius 2 is 2.00 bits per heavy atom. The lowest BCUT2D eigenvalue weighted by Crippen LogP contribution is -2.40. The quantitative estimate of drug-likeness (QED) is 0.637. The third-order valence-corrected chi connectivity index (χ3v) is 6.24. The summed E-state index contributed by atoms with van der Waals surface area (Å²) < 4.78 is 29.2. The molecule has 0 spiro atoms. The average Bonchev–Trinajstić information content (AvgIpc) is 2.96. The van der Waals surface area contributed by atoms with Crippen molar-refractivity contribution < 1.29 is 13.3 Å². The molecule has 0 fully saturated rings. The molecule has 2 heterocycles. The number of nitrogens with zero attached hydrogens (tertiary/aromatic N) is 3. The number of hydrogen-bond acceptors (Lipinski definition) is 4. The summed E-state index contributed by atoms with van der Waals surface area (Å²) in [4.78, 5) is 10.5. The Labute approximate surface area is 134 Å². The molecular weight excluding hydrogens is 318 g/mol. The predicted molar refractivity (Wildman–Crippen MR) is 84.6 cm³/mol. The summed E-state index contributed by atoms with van der Waals surface area (Å²) in [7, 11) is -3.79. The van der Waals surface area contributed by atoms with Crippen LogP contribution in [0.4, 0.5) is 5.69 Å². The maximum absolute atomic E-state index is 12.9. The molecule has 1 aromatic heterocycles. The first-order valence-electron chi connectivity index (χ1n) is 7.24. The molecule has 0 bridgehead atoms. The first-order valence-corrected chi connectivity index (χ1v) is 8.68. The van der Waals surface area contributed by atoms with Crippen molar-refractivity contribution in [1.29, 1.82) is 0 Å². The van der Waals surface area contributed by atoms with Gasteiger partial charge >= 0.3 is 0 Å². The third kappa shape index (κ3) is 2.53. The number of nitro groups is 1. The number of aryl methyl sites for hydroxylation is 1. The van der Waals surface area contributed by atoms with E-state index in [0.29, 0.717) is 18.7 Å². The number of nitro benzene ring substituents is 1. The summed E-state index contributed by atoms with van der Waals surface area (Å²) in [6.45, 7) is 4.32.